The lowest BCUT2D eigenvalue weighted by molar-refractivity contribution is -0.116. The second kappa shape index (κ2) is 3.96. The van der Waals surface area contributed by atoms with Gasteiger partial charge in [-0.1, -0.05) is 0 Å². The van der Waals surface area contributed by atoms with Crippen molar-refractivity contribution in [3.8, 4) is 0 Å². The second-order valence-electron chi connectivity index (χ2n) is 2.74. The van der Waals surface area contributed by atoms with Gasteiger partial charge in [0.1, 0.15) is 17.4 Å². The summed E-state index contributed by atoms with van der Waals surface area (Å²) in [6.07, 6.45) is -0.00921. The maximum atomic E-state index is 13.0. The number of benzene rings is 1. The number of rotatable bonds is 2. The van der Waals surface area contributed by atoms with Crippen molar-refractivity contribution in [1.29, 1.82) is 0 Å². The van der Waals surface area contributed by atoms with E-state index >= 15 is 0 Å². The van der Waals surface area contributed by atoms with Crippen molar-refractivity contribution in [2.75, 3.05) is 0 Å². The SMILES string of the molecule is CC(=O)Cc1cc(Br)c(F)cc1F. The van der Waals surface area contributed by atoms with Crippen molar-refractivity contribution in [2.24, 2.45) is 0 Å². The zero-order chi connectivity index (χ0) is 10.0. The third kappa shape index (κ3) is 2.59. The molecule has 0 aromatic heterocycles. The number of hydrogen-bond acceptors (Lipinski definition) is 1. The largest absolute Gasteiger partial charge is 0.300 e. The molecule has 0 N–H and O–H groups in total. The number of Topliss-reactive ketones (excluding diaryl/α,β-unsaturated/α-hetero) is 1. The van der Waals surface area contributed by atoms with Gasteiger partial charge in [0.05, 0.1) is 4.47 Å². The molecule has 0 aliphatic heterocycles. The second-order valence-corrected chi connectivity index (χ2v) is 3.59. The summed E-state index contributed by atoms with van der Waals surface area (Å²) in [6, 6.07) is 2.05. The van der Waals surface area contributed by atoms with Crippen LogP contribution in [0.25, 0.3) is 0 Å². The smallest absolute Gasteiger partial charge is 0.140 e. The first kappa shape index (κ1) is 10.3. The molecule has 0 heterocycles. The van der Waals surface area contributed by atoms with Crippen molar-refractivity contribution in [1.82, 2.24) is 0 Å². The molecule has 0 fully saturated rings. The van der Waals surface area contributed by atoms with E-state index in [1.165, 1.54) is 13.0 Å². The third-order valence-corrected chi connectivity index (χ3v) is 2.14. The first-order valence-electron chi connectivity index (χ1n) is 3.63. The van der Waals surface area contributed by atoms with Gasteiger partial charge >= 0.3 is 0 Å². The molecule has 4 heteroatoms. The fourth-order valence-electron chi connectivity index (χ4n) is 0.967. The van der Waals surface area contributed by atoms with E-state index in [2.05, 4.69) is 15.9 Å². The molecule has 0 saturated carbocycles. The van der Waals surface area contributed by atoms with Crippen LogP contribution in [0.4, 0.5) is 8.78 Å². The number of ketones is 1. The molecule has 1 aromatic rings. The lowest BCUT2D eigenvalue weighted by atomic mass is 10.1. The van der Waals surface area contributed by atoms with Crippen molar-refractivity contribution in [3.05, 3.63) is 33.8 Å². The van der Waals surface area contributed by atoms with Crippen LogP contribution in [0.3, 0.4) is 0 Å². The number of carbonyl (C=O) groups is 1. The van der Waals surface area contributed by atoms with Crippen LogP contribution in [-0.4, -0.2) is 5.78 Å². The van der Waals surface area contributed by atoms with Gasteiger partial charge in [-0.25, -0.2) is 8.78 Å². The molecule has 1 aromatic carbocycles. The van der Waals surface area contributed by atoms with Crippen LogP contribution >= 0.6 is 15.9 Å². The summed E-state index contributed by atoms with van der Waals surface area (Å²) in [5.41, 5.74) is 0.209. The standard InChI is InChI=1S/C9H7BrF2O/c1-5(13)2-6-3-7(10)9(12)4-8(6)11/h3-4H,2H2,1H3. The van der Waals surface area contributed by atoms with Crippen molar-refractivity contribution >= 4 is 21.7 Å². The minimum atomic E-state index is -0.684. The summed E-state index contributed by atoms with van der Waals surface area (Å²) in [5, 5.41) is 0. The van der Waals surface area contributed by atoms with E-state index in [-0.39, 0.29) is 22.2 Å². The average molecular weight is 249 g/mol. The quantitative estimate of drug-likeness (QED) is 0.736. The average Bonchev–Trinajstić information content (AvgIpc) is 1.99. The van der Waals surface area contributed by atoms with Crippen LogP contribution in [0.1, 0.15) is 12.5 Å². The molecule has 0 aliphatic rings. The molecular weight excluding hydrogens is 242 g/mol. The Morgan fingerprint density at radius 2 is 2.00 bits per heavy atom. The Balaban J connectivity index is 3.08. The first-order chi connectivity index (χ1) is 6.00. The molecule has 0 atom stereocenters. The maximum Gasteiger partial charge on any atom is 0.140 e. The molecule has 0 bridgehead atoms. The van der Waals surface area contributed by atoms with Gasteiger partial charge in [0.2, 0.25) is 0 Å². The van der Waals surface area contributed by atoms with Crippen LogP contribution in [0.2, 0.25) is 0 Å². The molecule has 70 valence electrons. The van der Waals surface area contributed by atoms with E-state index in [1.54, 1.807) is 0 Å². The van der Waals surface area contributed by atoms with E-state index in [9.17, 15) is 13.6 Å². The number of carbonyl (C=O) groups excluding carboxylic acids is 1. The molecule has 1 nitrogen and oxygen atoms in total. The highest BCUT2D eigenvalue weighted by atomic mass is 79.9. The molecule has 0 spiro atoms. The summed E-state index contributed by atoms with van der Waals surface area (Å²) in [7, 11) is 0. The number of halogens is 3. The van der Waals surface area contributed by atoms with Gasteiger partial charge in [0, 0.05) is 12.5 Å². The van der Waals surface area contributed by atoms with Gasteiger partial charge in [0.15, 0.2) is 0 Å². The van der Waals surface area contributed by atoms with Crippen LogP contribution in [-0.2, 0) is 11.2 Å². The van der Waals surface area contributed by atoms with Gasteiger partial charge < -0.3 is 0 Å². The highest BCUT2D eigenvalue weighted by Crippen LogP contribution is 2.20. The molecule has 0 radical (unpaired) electrons. The van der Waals surface area contributed by atoms with Gasteiger partial charge in [-0.3, -0.25) is 4.79 Å². The van der Waals surface area contributed by atoms with E-state index in [4.69, 9.17) is 0 Å². The highest BCUT2D eigenvalue weighted by Gasteiger charge is 2.09. The third-order valence-electron chi connectivity index (χ3n) is 1.53. The minimum Gasteiger partial charge on any atom is -0.300 e. The van der Waals surface area contributed by atoms with E-state index in [0.29, 0.717) is 0 Å². The molecule has 0 saturated heterocycles. The maximum absolute atomic E-state index is 13.0. The Labute approximate surface area is 82.9 Å². The fourth-order valence-corrected chi connectivity index (χ4v) is 1.36. The predicted molar refractivity (Wildman–Crippen MR) is 48.4 cm³/mol. The van der Waals surface area contributed by atoms with E-state index in [1.807, 2.05) is 0 Å². The van der Waals surface area contributed by atoms with Gasteiger partial charge in [-0.2, -0.15) is 0 Å². The molecule has 0 unspecified atom stereocenters. The topological polar surface area (TPSA) is 17.1 Å². The zero-order valence-corrected chi connectivity index (χ0v) is 8.49. The summed E-state index contributed by atoms with van der Waals surface area (Å²) in [4.78, 5) is 10.7. The summed E-state index contributed by atoms with van der Waals surface area (Å²) in [5.74, 6) is -1.50. The molecule has 1 rings (SSSR count). The zero-order valence-electron chi connectivity index (χ0n) is 6.90. The highest BCUT2D eigenvalue weighted by molar-refractivity contribution is 9.10. The van der Waals surface area contributed by atoms with Crippen molar-refractivity contribution < 1.29 is 13.6 Å². The Kier molecular flexibility index (Phi) is 3.14. The normalized spacial score (nSPS) is 10.2. The first-order valence-corrected chi connectivity index (χ1v) is 4.43. The minimum absolute atomic E-state index is 0.00921. The summed E-state index contributed by atoms with van der Waals surface area (Å²) < 4.78 is 25.9. The van der Waals surface area contributed by atoms with Gasteiger partial charge in [-0.05, 0) is 34.5 Å². The molecule has 13 heavy (non-hydrogen) atoms. The van der Waals surface area contributed by atoms with Crippen molar-refractivity contribution in [3.63, 3.8) is 0 Å². The van der Waals surface area contributed by atoms with Gasteiger partial charge in [-0.15, -0.1) is 0 Å². The summed E-state index contributed by atoms with van der Waals surface area (Å²) in [6.45, 7) is 1.36. The Hall–Kier alpha value is -0.770. The molecule has 0 amide bonds. The Morgan fingerprint density at radius 1 is 1.38 bits per heavy atom. The lowest BCUT2D eigenvalue weighted by Crippen LogP contribution is -2.00. The fraction of sp³-hybridized carbons (Fsp3) is 0.222. The van der Waals surface area contributed by atoms with E-state index in [0.717, 1.165) is 6.07 Å². The van der Waals surface area contributed by atoms with Crippen LogP contribution < -0.4 is 0 Å². The molecular formula is C9H7BrF2O. The van der Waals surface area contributed by atoms with E-state index < -0.39 is 11.6 Å². The number of hydrogen-bond donors (Lipinski definition) is 0. The molecule has 0 aliphatic carbocycles. The van der Waals surface area contributed by atoms with Gasteiger partial charge in [0.25, 0.3) is 0 Å². The Morgan fingerprint density at radius 3 is 2.54 bits per heavy atom. The predicted octanol–water partition coefficient (Wildman–Crippen LogP) is 2.86. The van der Waals surface area contributed by atoms with Crippen LogP contribution in [0, 0.1) is 11.6 Å². The monoisotopic (exact) mass is 248 g/mol. The van der Waals surface area contributed by atoms with Crippen LogP contribution in [0.15, 0.2) is 16.6 Å². The lowest BCUT2D eigenvalue weighted by Gasteiger charge is -2.02. The Bertz CT molecular complexity index is 350. The van der Waals surface area contributed by atoms with Crippen LogP contribution in [0.5, 0.6) is 0 Å². The van der Waals surface area contributed by atoms with Crippen molar-refractivity contribution in [2.45, 2.75) is 13.3 Å². The summed E-state index contributed by atoms with van der Waals surface area (Å²) >= 11 is 2.92.